The predicted molar refractivity (Wildman–Crippen MR) is 56.3 cm³/mol. The summed E-state index contributed by atoms with van der Waals surface area (Å²) in [5.74, 6) is 0.723. The van der Waals surface area contributed by atoms with Crippen molar-refractivity contribution < 1.29 is 9.84 Å². The number of aliphatic hydroxyl groups excluding tert-OH is 1. The van der Waals surface area contributed by atoms with Crippen molar-refractivity contribution in [1.82, 2.24) is 0 Å². The number of ether oxygens (including phenoxy) is 1. The van der Waals surface area contributed by atoms with Crippen LogP contribution in [0.25, 0.3) is 0 Å². The smallest absolute Gasteiger partial charge is 0.124 e. The second-order valence-electron chi connectivity index (χ2n) is 2.86. The minimum Gasteiger partial charge on any atom is -0.496 e. The van der Waals surface area contributed by atoms with Gasteiger partial charge >= 0.3 is 0 Å². The van der Waals surface area contributed by atoms with Gasteiger partial charge in [0, 0.05) is 10.4 Å². The van der Waals surface area contributed by atoms with Gasteiger partial charge in [-0.2, -0.15) is 0 Å². The summed E-state index contributed by atoms with van der Waals surface area (Å²) in [6.45, 7) is 1.90. The Morgan fingerprint density at radius 1 is 1.38 bits per heavy atom. The molecule has 1 rings (SSSR count). The number of para-hydroxylation sites is 1. The lowest BCUT2D eigenvalue weighted by atomic mass is 10.1. The van der Waals surface area contributed by atoms with Crippen LogP contribution < -0.4 is 4.74 Å². The summed E-state index contributed by atoms with van der Waals surface area (Å²) in [4.78, 5) is 0.0174. The zero-order valence-electron chi connectivity index (χ0n) is 7.70. The largest absolute Gasteiger partial charge is 0.496 e. The molecule has 72 valence electrons. The number of aliphatic hydroxyl groups is 1. The zero-order valence-corrected chi connectivity index (χ0v) is 9.28. The van der Waals surface area contributed by atoms with Crippen LogP contribution in [-0.2, 0) is 0 Å². The Bertz CT molecular complexity index is 273. The first-order valence-electron chi connectivity index (χ1n) is 4.12. The molecule has 2 nitrogen and oxygen atoms in total. The molecule has 0 aliphatic heterocycles. The molecule has 0 saturated carbocycles. The summed E-state index contributed by atoms with van der Waals surface area (Å²) in [7, 11) is 1.60. The molecule has 0 radical (unpaired) electrons. The maximum Gasteiger partial charge on any atom is 0.124 e. The molecule has 0 bridgehead atoms. The molecular formula is C10H13BrO2. The molecule has 1 aromatic rings. The summed E-state index contributed by atoms with van der Waals surface area (Å²) >= 11 is 3.33. The second kappa shape index (κ2) is 4.63. The highest BCUT2D eigenvalue weighted by Gasteiger charge is 2.16. The van der Waals surface area contributed by atoms with Crippen LogP contribution in [0.1, 0.15) is 18.6 Å². The number of hydrogen-bond acceptors (Lipinski definition) is 2. The van der Waals surface area contributed by atoms with Crippen LogP contribution in [0.4, 0.5) is 0 Å². The minimum atomic E-state index is -0.531. The average molecular weight is 245 g/mol. The van der Waals surface area contributed by atoms with Gasteiger partial charge in [0.2, 0.25) is 0 Å². The molecule has 1 N–H and O–H groups in total. The standard InChI is InChI=1S/C10H13BrO2/c1-7(11)10(12)8-5-3-4-6-9(8)13-2/h3-7,10,12H,1-2H3. The van der Waals surface area contributed by atoms with Crippen molar-refractivity contribution in [3.8, 4) is 5.75 Å². The quantitative estimate of drug-likeness (QED) is 0.829. The number of alkyl halides is 1. The molecule has 3 heteroatoms. The Hall–Kier alpha value is -0.540. The SMILES string of the molecule is COc1ccccc1C(O)C(C)Br. The highest BCUT2D eigenvalue weighted by atomic mass is 79.9. The first-order chi connectivity index (χ1) is 6.16. The van der Waals surface area contributed by atoms with Gasteiger partial charge in [0.25, 0.3) is 0 Å². The van der Waals surface area contributed by atoms with Crippen LogP contribution in [0.2, 0.25) is 0 Å². The lowest BCUT2D eigenvalue weighted by molar-refractivity contribution is 0.177. The monoisotopic (exact) mass is 244 g/mol. The molecule has 0 saturated heterocycles. The van der Waals surface area contributed by atoms with E-state index in [4.69, 9.17) is 4.74 Å². The van der Waals surface area contributed by atoms with Gasteiger partial charge in [-0.15, -0.1) is 0 Å². The number of benzene rings is 1. The van der Waals surface area contributed by atoms with Crippen LogP contribution in [0.3, 0.4) is 0 Å². The van der Waals surface area contributed by atoms with Crippen LogP contribution in [-0.4, -0.2) is 17.0 Å². The van der Waals surface area contributed by atoms with E-state index in [-0.39, 0.29) is 4.83 Å². The molecule has 0 aliphatic carbocycles. The Kier molecular flexibility index (Phi) is 3.75. The van der Waals surface area contributed by atoms with E-state index in [0.717, 1.165) is 11.3 Å². The molecule has 0 heterocycles. The molecule has 0 aliphatic rings. The first-order valence-corrected chi connectivity index (χ1v) is 5.03. The van der Waals surface area contributed by atoms with Crippen molar-refractivity contribution in [3.63, 3.8) is 0 Å². The van der Waals surface area contributed by atoms with Crippen molar-refractivity contribution >= 4 is 15.9 Å². The van der Waals surface area contributed by atoms with E-state index in [9.17, 15) is 5.11 Å². The molecular weight excluding hydrogens is 232 g/mol. The topological polar surface area (TPSA) is 29.5 Å². The fourth-order valence-corrected chi connectivity index (χ4v) is 1.44. The Morgan fingerprint density at radius 3 is 2.54 bits per heavy atom. The van der Waals surface area contributed by atoms with Crippen molar-refractivity contribution in [2.24, 2.45) is 0 Å². The van der Waals surface area contributed by atoms with Crippen LogP contribution >= 0.6 is 15.9 Å². The number of halogens is 1. The van der Waals surface area contributed by atoms with Crippen molar-refractivity contribution in [1.29, 1.82) is 0 Å². The number of hydrogen-bond donors (Lipinski definition) is 1. The Labute approximate surface area is 86.7 Å². The number of methoxy groups -OCH3 is 1. The Morgan fingerprint density at radius 2 is 2.00 bits per heavy atom. The summed E-state index contributed by atoms with van der Waals surface area (Å²) < 4.78 is 5.14. The highest BCUT2D eigenvalue weighted by Crippen LogP contribution is 2.29. The average Bonchev–Trinajstić information content (AvgIpc) is 2.16. The maximum absolute atomic E-state index is 9.78. The van der Waals surface area contributed by atoms with Gasteiger partial charge in [-0.3, -0.25) is 0 Å². The summed E-state index contributed by atoms with van der Waals surface area (Å²) in [6.07, 6.45) is -0.531. The third-order valence-corrected chi connectivity index (χ3v) is 2.39. The first kappa shape index (κ1) is 10.5. The van der Waals surface area contributed by atoms with E-state index < -0.39 is 6.10 Å². The lowest BCUT2D eigenvalue weighted by Crippen LogP contribution is -2.08. The van der Waals surface area contributed by atoms with E-state index in [1.807, 2.05) is 31.2 Å². The van der Waals surface area contributed by atoms with Crippen LogP contribution in [0.15, 0.2) is 24.3 Å². The van der Waals surface area contributed by atoms with Gasteiger partial charge in [0.05, 0.1) is 13.2 Å². The fraction of sp³-hybridized carbons (Fsp3) is 0.400. The van der Waals surface area contributed by atoms with Gasteiger partial charge in [-0.25, -0.2) is 0 Å². The Balaban J connectivity index is 2.98. The highest BCUT2D eigenvalue weighted by molar-refractivity contribution is 9.09. The third kappa shape index (κ3) is 2.45. The molecule has 2 unspecified atom stereocenters. The summed E-state index contributed by atoms with van der Waals surface area (Å²) in [6, 6.07) is 7.47. The molecule has 0 fully saturated rings. The van der Waals surface area contributed by atoms with Gasteiger partial charge in [-0.1, -0.05) is 34.1 Å². The molecule has 2 atom stereocenters. The van der Waals surface area contributed by atoms with Crippen molar-refractivity contribution in [2.75, 3.05) is 7.11 Å². The predicted octanol–water partition coefficient (Wildman–Crippen LogP) is 2.51. The molecule has 1 aromatic carbocycles. The summed E-state index contributed by atoms with van der Waals surface area (Å²) in [5, 5.41) is 9.78. The lowest BCUT2D eigenvalue weighted by Gasteiger charge is -2.16. The van der Waals surface area contributed by atoms with E-state index in [2.05, 4.69) is 15.9 Å². The molecule has 0 aromatic heterocycles. The number of rotatable bonds is 3. The van der Waals surface area contributed by atoms with Gasteiger partial charge < -0.3 is 9.84 Å². The molecule has 0 spiro atoms. The molecule has 13 heavy (non-hydrogen) atoms. The summed E-state index contributed by atoms with van der Waals surface area (Å²) in [5.41, 5.74) is 0.814. The zero-order chi connectivity index (χ0) is 9.84. The van der Waals surface area contributed by atoms with Crippen LogP contribution in [0, 0.1) is 0 Å². The second-order valence-corrected chi connectivity index (χ2v) is 4.31. The molecule has 0 amide bonds. The van der Waals surface area contributed by atoms with Crippen molar-refractivity contribution in [2.45, 2.75) is 17.9 Å². The third-order valence-electron chi connectivity index (χ3n) is 1.89. The van der Waals surface area contributed by atoms with E-state index in [1.54, 1.807) is 7.11 Å². The van der Waals surface area contributed by atoms with Crippen LogP contribution in [0.5, 0.6) is 5.75 Å². The fourth-order valence-electron chi connectivity index (χ4n) is 1.16. The van der Waals surface area contributed by atoms with Gasteiger partial charge in [0.15, 0.2) is 0 Å². The van der Waals surface area contributed by atoms with E-state index in [1.165, 1.54) is 0 Å². The van der Waals surface area contributed by atoms with Crippen molar-refractivity contribution in [3.05, 3.63) is 29.8 Å². The minimum absolute atomic E-state index is 0.0174. The van der Waals surface area contributed by atoms with E-state index in [0.29, 0.717) is 0 Å². The van der Waals surface area contributed by atoms with E-state index >= 15 is 0 Å². The van der Waals surface area contributed by atoms with Gasteiger partial charge in [-0.05, 0) is 13.0 Å². The van der Waals surface area contributed by atoms with Gasteiger partial charge in [0.1, 0.15) is 5.75 Å². The normalized spacial score (nSPS) is 15.1. The maximum atomic E-state index is 9.78.